The predicted molar refractivity (Wildman–Crippen MR) is 75.7 cm³/mol. The molecule has 0 spiro atoms. The Balaban J connectivity index is 0.000000704. The van der Waals surface area contributed by atoms with Crippen molar-refractivity contribution in [3.8, 4) is 16.9 Å². The fraction of sp³-hybridized carbons (Fsp3) is 0.250. The van der Waals surface area contributed by atoms with Gasteiger partial charge in [0, 0.05) is 11.1 Å². The highest BCUT2D eigenvalue weighted by Gasteiger charge is 2.17. The predicted octanol–water partition coefficient (Wildman–Crippen LogP) is 3.53. The first-order valence-corrected chi connectivity index (χ1v) is 6.53. The number of hydrogen-bond donors (Lipinski definition) is 1. The topological polar surface area (TPSA) is 35.2 Å². The fourth-order valence-corrected chi connectivity index (χ4v) is 2.30. The van der Waals surface area contributed by atoms with Crippen LogP contribution in [0.3, 0.4) is 0 Å². The highest BCUT2D eigenvalue weighted by molar-refractivity contribution is 5.73. The lowest BCUT2D eigenvalue weighted by Crippen LogP contribution is -2.09. The third-order valence-electron chi connectivity index (χ3n) is 3.15. The van der Waals surface area contributed by atoms with Crippen molar-refractivity contribution in [2.45, 2.75) is 12.8 Å². The zero-order valence-electron chi connectivity index (χ0n) is 11.3. The second-order valence-electron chi connectivity index (χ2n) is 4.37. The molecule has 2 aromatic rings. The molecule has 0 unspecified atom stereocenters. The van der Waals surface area contributed by atoms with Gasteiger partial charge in [0.2, 0.25) is 0 Å². The number of hydrogen-bond acceptors (Lipinski definition) is 2. The summed E-state index contributed by atoms with van der Waals surface area (Å²) in [6, 6.07) is 9.06. The average molecular weight is 277 g/mol. The number of halogens is 2. The van der Waals surface area contributed by atoms with E-state index in [4.69, 9.17) is 4.74 Å². The van der Waals surface area contributed by atoms with E-state index in [1.165, 1.54) is 13.1 Å². The Labute approximate surface area is 117 Å². The van der Waals surface area contributed by atoms with E-state index in [1.807, 2.05) is 12.1 Å². The van der Waals surface area contributed by atoms with Gasteiger partial charge in [-0.3, -0.25) is 0 Å². The maximum atomic E-state index is 13.8. The van der Waals surface area contributed by atoms with Crippen LogP contribution in [0.2, 0.25) is 0 Å². The van der Waals surface area contributed by atoms with E-state index in [0.29, 0.717) is 17.9 Å². The monoisotopic (exact) mass is 277 g/mol. The molecule has 0 aromatic heterocycles. The van der Waals surface area contributed by atoms with E-state index in [9.17, 15) is 8.78 Å². The number of fused-ring (bicyclic) bond motifs is 1. The van der Waals surface area contributed by atoms with Gasteiger partial charge in [-0.1, -0.05) is 18.2 Å². The molecule has 2 aromatic carbocycles. The SMILES string of the molecule is CN.Fc1ccc(F)c(-c2cccc3c2OCCC3)c1. The average Bonchev–Trinajstić information content (AvgIpc) is 2.51. The summed E-state index contributed by atoms with van der Waals surface area (Å²) in [7, 11) is 1.50. The smallest absolute Gasteiger partial charge is 0.131 e. The summed E-state index contributed by atoms with van der Waals surface area (Å²) in [5, 5.41) is 0. The summed E-state index contributed by atoms with van der Waals surface area (Å²) in [6.45, 7) is 0.626. The largest absolute Gasteiger partial charge is 0.493 e. The van der Waals surface area contributed by atoms with E-state index < -0.39 is 11.6 Å². The molecule has 0 radical (unpaired) electrons. The standard InChI is InChI=1S/C15H12F2O.CH5N/c16-11-6-7-14(17)13(9-11)12-5-1-3-10-4-2-8-18-15(10)12;1-2/h1,3,5-7,9H,2,4,8H2;2H2,1H3. The number of rotatable bonds is 1. The molecule has 0 saturated heterocycles. The number of benzene rings is 2. The van der Waals surface area contributed by atoms with Crippen LogP contribution < -0.4 is 10.5 Å². The Morgan fingerprint density at radius 2 is 1.85 bits per heavy atom. The van der Waals surface area contributed by atoms with Crippen molar-refractivity contribution >= 4 is 0 Å². The van der Waals surface area contributed by atoms with E-state index in [1.54, 1.807) is 6.07 Å². The Morgan fingerprint density at radius 1 is 1.05 bits per heavy atom. The van der Waals surface area contributed by atoms with Gasteiger partial charge in [-0.25, -0.2) is 8.78 Å². The number of nitrogens with two attached hydrogens (primary N) is 1. The minimum atomic E-state index is -0.445. The first kappa shape index (κ1) is 14.5. The highest BCUT2D eigenvalue weighted by Crippen LogP contribution is 2.37. The maximum absolute atomic E-state index is 13.8. The van der Waals surface area contributed by atoms with Gasteiger partial charge in [0.25, 0.3) is 0 Å². The van der Waals surface area contributed by atoms with Crippen molar-refractivity contribution in [2.75, 3.05) is 13.7 Å². The van der Waals surface area contributed by atoms with Crippen molar-refractivity contribution in [2.24, 2.45) is 5.73 Å². The van der Waals surface area contributed by atoms with Crippen LogP contribution in [0, 0.1) is 11.6 Å². The number of aryl methyl sites for hydroxylation is 1. The molecule has 3 rings (SSSR count). The second-order valence-corrected chi connectivity index (χ2v) is 4.37. The van der Waals surface area contributed by atoms with Gasteiger partial charge in [-0.2, -0.15) is 0 Å². The summed E-state index contributed by atoms with van der Waals surface area (Å²) in [4.78, 5) is 0. The molecule has 1 aliphatic rings. The molecular formula is C16H17F2NO. The molecule has 0 atom stereocenters. The van der Waals surface area contributed by atoms with Gasteiger partial charge in [0.15, 0.2) is 0 Å². The third-order valence-corrected chi connectivity index (χ3v) is 3.15. The number of ether oxygens (including phenoxy) is 1. The fourth-order valence-electron chi connectivity index (χ4n) is 2.30. The minimum absolute atomic E-state index is 0.258. The Morgan fingerprint density at radius 3 is 2.65 bits per heavy atom. The summed E-state index contributed by atoms with van der Waals surface area (Å²) in [5.41, 5.74) is 6.44. The molecule has 4 heteroatoms. The molecule has 1 aliphatic heterocycles. The van der Waals surface area contributed by atoms with Crippen LogP contribution >= 0.6 is 0 Å². The van der Waals surface area contributed by atoms with Gasteiger partial charge in [-0.05, 0) is 43.7 Å². The molecular weight excluding hydrogens is 260 g/mol. The third kappa shape index (κ3) is 2.80. The first-order chi connectivity index (χ1) is 9.75. The van der Waals surface area contributed by atoms with Crippen molar-refractivity contribution in [1.29, 1.82) is 0 Å². The lowest BCUT2D eigenvalue weighted by Gasteiger charge is -2.20. The van der Waals surface area contributed by atoms with Gasteiger partial charge in [-0.15, -0.1) is 0 Å². The van der Waals surface area contributed by atoms with Crippen LogP contribution in [-0.4, -0.2) is 13.7 Å². The van der Waals surface area contributed by atoms with Crippen LogP contribution in [0.4, 0.5) is 8.78 Å². The summed E-state index contributed by atoms with van der Waals surface area (Å²) >= 11 is 0. The van der Waals surface area contributed by atoms with Crippen LogP contribution in [0.5, 0.6) is 5.75 Å². The lowest BCUT2D eigenvalue weighted by molar-refractivity contribution is 0.289. The molecule has 0 aliphatic carbocycles. The quantitative estimate of drug-likeness (QED) is 0.865. The molecule has 1 heterocycles. The van der Waals surface area contributed by atoms with E-state index >= 15 is 0 Å². The van der Waals surface area contributed by atoms with Gasteiger partial charge < -0.3 is 10.5 Å². The Kier molecular flexibility index (Phi) is 4.69. The normalized spacial score (nSPS) is 12.8. The molecule has 20 heavy (non-hydrogen) atoms. The van der Waals surface area contributed by atoms with Crippen LogP contribution in [0.1, 0.15) is 12.0 Å². The van der Waals surface area contributed by atoms with Crippen molar-refractivity contribution < 1.29 is 13.5 Å². The van der Waals surface area contributed by atoms with Crippen molar-refractivity contribution in [3.05, 3.63) is 53.6 Å². The summed E-state index contributed by atoms with van der Waals surface area (Å²) < 4.78 is 32.7. The van der Waals surface area contributed by atoms with Crippen LogP contribution in [0.25, 0.3) is 11.1 Å². The molecule has 0 fully saturated rings. The van der Waals surface area contributed by atoms with E-state index in [2.05, 4.69) is 5.73 Å². The maximum Gasteiger partial charge on any atom is 0.131 e. The van der Waals surface area contributed by atoms with Gasteiger partial charge in [0.05, 0.1) is 6.61 Å². The summed E-state index contributed by atoms with van der Waals surface area (Å²) in [6.07, 6.45) is 1.88. The lowest BCUT2D eigenvalue weighted by atomic mass is 9.97. The van der Waals surface area contributed by atoms with E-state index in [-0.39, 0.29) is 5.56 Å². The molecule has 0 bridgehead atoms. The molecule has 2 N–H and O–H groups in total. The van der Waals surface area contributed by atoms with Gasteiger partial charge >= 0.3 is 0 Å². The number of para-hydroxylation sites is 1. The first-order valence-electron chi connectivity index (χ1n) is 6.53. The van der Waals surface area contributed by atoms with Gasteiger partial charge in [0.1, 0.15) is 17.4 Å². The molecule has 0 saturated carbocycles. The highest BCUT2D eigenvalue weighted by atomic mass is 19.1. The Hall–Kier alpha value is -1.94. The minimum Gasteiger partial charge on any atom is -0.493 e. The summed E-state index contributed by atoms with van der Waals surface area (Å²) in [5.74, 6) is -0.188. The van der Waals surface area contributed by atoms with Crippen LogP contribution in [-0.2, 0) is 6.42 Å². The molecule has 106 valence electrons. The van der Waals surface area contributed by atoms with E-state index in [0.717, 1.165) is 30.5 Å². The zero-order valence-corrected chi connectivity index (χ0v) is 11.3. The molecule has 0 amide bonds. The van der Waals surface area contributed by atoms with Crippen LogP contribution in [0.15, 0.2) is 36.4 Å². The Bertz CT molecular complexity index is 599. The molecule has 2 nitrogen and oxygen atoms in total. The van der Waals surface area contributed by atoms with Crippen molar-refractivity contribution in [1.82, 2.24) is 0 Å². The second kappa shape index (κ2) is 6.48. The zero-order chi connectivity index (χ0) is 14.5. The van der Waals surface area contributed by atoms with Crippen molar-refractivity contribution in [3.63, 3.8) is 0 Å².